The number of benzene rings is 1. The normalized spacial score (nSPS) is 17.1. The van der Waals surface area contributed by atoms with Gasteiger partial charge in [-0.25, -0.2) is 4.98 Å². The first-order valence-corrected chi connectivity index (χ1v) is 7.07. The number of hydrogen-bond donors (Lipinski definition) is 2. The smallest absolute Gasteiger partial charge is 0.145 e. The molecular formula is C15H20N4. The number of nitrogens with one attached hydrogen (secondary N) is 2. The van der Waals surface area contributed by atoms with Crippen LogP contribution in [0.5, 0.6) is 0 Å². The van der Waals surface area contributed by atoms with Crippen molar-refractivity contribution >= 4 is 0 Å². The molecule has 1 fully saturated rings. The zero-order valence-corrected chi connectivity index (χ0v) is 11.3. The summed E-state index contributed by atoms with van der Waals surface area (Å²) >= 11 is 0. The Kier molecular flexibility index (Phi) is 3.60. The molecule has 1 aromatic heterocycles. The van der Waals surface area contributed by atoms with E-state index in [1.807, 2.05) is 0 Å². The second-order valence-corrected chi connectivity index (χ2v) is 5.16. The first-order valence-electron chi connectivity index (χ1n) is 7.07. The molecule has 0 amide bonds. The molecule has 1 aliphatic rings. The average Bonchev–Trinajstić information content (AvgIpc) is 2.89. The lowest BCUT2D eigenvalue weighted by Crippen LogP contribution is -2.23. The Morgan fingerprint density at radius 3 is 2.63 bits per heavy atom. The predicted octanol–water partition coefficient (Wildman–Crippen LogP) is 2.77. The van der Waals surface area contributed by atoms with E-state index in [-0.39, 0.29) is 6.04 Å². The van der Waals surface area contributed by atoms with E-state index in [4.69, 9.17) is 0 Å². The van der Waals surface area contributed by atoms with E-state index in [0.717, 1.165) is 18.3 Å². The molecule has 0 radical (unpaired) electrons. The van der Waals surface area contributed by atoms with Crippen molar-refractivity contribution < 1.29 is 0 Å². The van der Waals surface area contributed by atoms with Crippen LogP contribution in [0.25, 0.3) is 0 Å². The van der Waals surface area contributed by atoms with E-state index >= 15 is 0 Å². The summed E-state index contributed by atoms with van der Waals surface area (Å²) in [5.74, 6) is 1.66. The van der Waals surface area contributed by atoms with Crippen molar-refractivity contribution in [1.29, 1.82) is 0 Å². The standard InChI is InChI=1S/C15H20N4/c1-2-16-14(15-17-10-18-19-15)13-8-6-12(7-9-13)11-4-3-5-11/h6-11,14,16H,2-5H2,1H3,(H,17,18,19). The van der Waals surface area contributed by atoms with Crippen LogP contribution in [0.3, 0.4) is 0 Å². The molecule has 4 heteroatoms. The van der Waals surface area contributed by atoms with Crippen molar-refractivity contribution in [2.24, 2.45) is 0 Å². The molecule has 0 saturated heterocycles. The highest BCUT2D eigenvalue weighted by Gasteiger charge is 2.20. The molecule has 1 aliphatic carbocycles. The van der Waals surface area contributed by atoms with Crippen LogP contribution in [-0.4, -0.2) is 21.7 Å². The highest BCUT2D eigenvalue weighted by molar-refractivity contribution is 5.31. The minimum atomic E-state index is 0.0999. The lowest BCUT2D eigenvalue weighted by atomic mass is 9.80. The van der Waals surface area contributed by atoms with Crippen LogP contribution < -0.4 is 5.32 Å². The van der Waals surface area contributed by atoms with Crippen LogP contribution in [0.2, 0.25) is 0 Å². The summed E-state index contributed by atoms with van der Waals surface area (Å²) in [5.41, 5.74) is 2.71. The molecule has 2 N–H and O–H groups in total. The van der Waals surface area contributed by atoms with E-state index in [9.17, 15) is 0 Å². The maximum Gasteiger partial charge on any atom is 0.145 e. The molecule has 100 valence electrons. The quantitative estimate of drug-likeness (QED) is 0.865. The molecule has 1 heterocycles. The maximum absolute atomic E-state index is 4.27. The lowest BCUT2D eigenvalue weighted by molar-refractivity contribution is 0.419. The van der Waals surface area contributed by atoms with Crippen molar-refractivity contribution in [3.63, 3.8) is 0 Å². The molecule has 19 heavy (non-hydrogen) atoms. The molecule has 1 saturated carbocycles. The zero-order chi connectivity index (χ0) is 13.1. The third-order valence-electron chi connectivity index (χ3n) is 3.96. The van der Waals surface area contributed by atoms with Gasteiger partial charge in [-0.05, 0) is 36.4 Å². The van der Waals surface area contributed by atoms with Gasteiger partial charge in [0.15, 0.2) is 0 Å². The molecular weight excluding hydrogens is 236 g/mol. The van der Waals surface area contributed by atoms with Crippen molar-refractivity contribution in [2.75, 3.05) is 6.54 Å². The van der Waals surface area contributed by atoms with E-state index in [1.165, 1.54) is 30.4 Å². The van der Waals surface area contributed by atoms with Gasteiger partial charge in [0.2, 0.25) is 0 Å². The SMILES string of the molecule is CCNC(c1ccc(C2CCC2)cc1)c1ncn[nH]1. The Labute approximate surface area is 113 Å². The molecule has 0 spiro atoms. The third kappa shape index (κ3) is 2.54. The highest BCUT2D eigenvalue weighted by atomic mass is 15.2. The summed E-state index contributed by atoms with van der Waals surface area (Å²) < 4.78 is 0. The number of rotatable bonds is 5. The summed E-state index contributed by atoms with van der Waals surface area (Å²) in [5, 5.41) is 10.3. The van der Waals surface area contributed by atoms with Gasteiger partial charge in [-0.1, -0.05) is 37.6 Å². The Bertz CT molecular complexity index is 499. The topological polar surface area (TPSA) is 53.6 Å². The van der Waals surface area contributed by atoms with E-state index in [0.29, 0.717) is 0 Å². The van der Waals surface area contributed by atoms with Crippen molar-refractivity contribution in [3.05, 3.63) is 47.5 Å². The summed E-state index contributed by atoms with van der Waals surface area (Å²) in [7, 11) is 0. The van der Waals surface area contributed by atoms with Crippen LogP contribution in [0.4, 0.5) is 0 Å². The third-order valence-corrected chi connectivity index (χ3v) is 3.96. The summed E-state index contributed by atoms with van der Waals surface area (Å²) in [4.78, 5) is 4.27. The summed E-state index contributed by atoms with van der Waals surface area (Å²) in [6.07, 6.45) is 5.63. The van der Waals surface area contributed by atoms with E-state index in [1.54, 1.807) is 6.33 Å². The van der Waals surface area contributed by atoms with Gasteiger partial charge in [0, 0.05) is 0 Å². The van der Waals surface area contributed by atoms with Gasteiger partial charge < -0.3 is 5.32 Å². The number of H-pyrrole nitrogens is 1. The highest BCUT2D eigenvalue weighted by Crippen LogP contribution is 2.36. The van der Waals surface area contributed by atoms with Crippen LogP contribution in [0.1, 0.15) is 55.1 Å². The van der Waals surface area contributed by atoms with Crippen LogP contribution in [-0.2, 0) is 0 Å². The Hall–Kier alpha value is -1.68. The lowest BCUT2D eigenvalue weighted by Gasteiger charge is -2.26. The largest absolute Gasteiger partial charge is 0.304 e. The van der Waals surface area contributed by atoms with Crippen LogP contribution in [0, 0.1) is 0 Å². The summed E-state index contributed by atoms with van der Waals surface area (Å²) in [6, 6.07) is 9.05. The molecule has 1 unspecified atom stereocenters. The fourth-order valence-corrected chi connectivity index (χ4v) is 2.63. The monoisotopic (exact) mass is 256 g/mol. The minimum Gasteiger partial charge on any atom is -0.304 e. The number of hydrogen-bond acceptors (Lipinski definition) is 3. The Balaban J connectivity index is 1.81. The number of aromatic nitrogens is 3. The second-order valence-electron chi connectivity index (χ2n) is 5.16. The van der Waals surface area contributed by atoms with Gasteiger partial charge in [-0.2, -0.15) is 5.10 Å². The zero-order valence-electron chi connectivity index (χ0n) is 11.3. The van der Waals surface area contributed by atoms with Gasteiger partial charge in [-0.3, -0.25) is 5.10 Å². The summed E-state index contributed by atoms with van der Waals surface area (Å²) in [6.45, 7) is 3.00. The average molecular weight is 256 g/mol. The van der Waals surface area contributed by atoms with Gasteiger partial charge in [0.1, 0.15) is 12.2 Å². The molecule has 2 aromatic rings. The van der Waals surface area contributed by atoms with Gasteiger partial charge >= 0.3 is 0 Å². The Morgan fingerprint density at radius 2 is 2.11 bits per heavy atom. The van der Waals surface area contributed by atoms with Crippen molar-refractivity contribution in [1.82, 2.24) is 20.5 Å². The van der Waals surface area contributed by atoms with Gasteiger partial charge in [-0.15, -0.1) is 0 Å². The fraction of sp³-hybridized carbons (Fsp3) is 0.467. The molecule has 0 bridgehead atoms. The number of aromatic amines is 1. The molecule has 1 atom stereocenters. The van der Waals surface area contributed by atoms with Crippen molar-refractivity contribution in [3.8, 4) is 0 Å². The Morgan fingerprint density at radius 1 is 1.32 bits per heavy atom. The van der Waals surface area contributed by atoms with E-state index < -0.39 is 0 Å². The fourth-order valence-electron chi connectivity index (χ4n) is 2.63. The predicted molar refractivity (Wildman–Crippen MR) is 74.9 cm³/mol. The van der Waals surface area contributed by atoms with Gasteiger partial charge in [0.25, 0.3) is 0 Å². The maximum atomic E-state index is 4.27. The van der Waals surface area contributed by atoms with E-state index in [2.05, 4.69) is 51.7 Å². The van der Waals surface area contributed by atoms with Gasteiger partial charge in [0.05, 0.1) is 6.04 Å². The second kappa shape index (κ2) is 5.53. The van der Waals surface area contributed by atoms with Crippen LogP contribution >= 0.6 is 0 Å². The first-order chi connectivity index (χ1) is 9.38. The molecule has 1 aromatic carbocycles. The molecule has 0 aliphatic heterocycles. The number of nitrogens with zero attached hydrogens (tertiary/aromatic N) is 2. The van der Waals surface area contributed by atoms with Crippen molar-refractivity contribution in [2.45, 2.75) is 38.1 Å². The first kappa shape index (κ1) is 12.4. The van der Waals surface area contributed by atoms with Crippen LogP contribution in [0.15, 0.2) is 30.6 Å². The minimum absolute atomic E-state index is 0.0999. The molecule has 4 nitrogen and oxygen atoms in total. The molecule has 3 rings (SSSR count).